The fraction of sp³-hybridized carbons (Fsp3) is 0.538. The van der Waals surface area contributed by atoms with Crippen LogP contribution in [0.1, 0.15) is 31.4 Å². The molecule has 1 amide bonds. The monoisotopic (exact) mass is 233 g/mol. The fourth-order valence-corrected chi connectivity index (χ4v) is 1.97. The average molecular weight is 233 g/mol. The first kappa shape index (κ1) is 12.0. The summed E-state index contributed by atoms with van der Waals surface area (Å²) in [5, 5.41) is 2.98. The van der Waals surface area contributed by atoms with Gasteiger partial charge in [-0.25, -0.2) is 0 Å². The van der Waals surface area contributed by atoms with E-state index in [1.165, 1.54) is 0 Å². The zero-order valence-electron chi connectivity index (χ0n) is 9.98. The van der Waals surface area contributed by atoms with Crippen LogP contribution in [0.4, 0.5) is 0 Å². The molecule has 1 saturated carbocycles. The van der Waals surface area contributed by atoms with Gasteiger partial charge in [0, 0.05) is 30.3 Å². The molecule has 0 atom stereocenters. The van der Waals surface area contributed by atoms with E-state index < -0.39 is 0 Å². The molecule has 0 unspecified atom stereocenters. The van der Waals surface area contributed by atoms with E-state index in [9.17, 15) is 4.79 Å². The van der Waals surface area contributed by atoms with Crippen molar-refractivity contribution in [3.63, 3.8) is 0 Å². The van der Waals surface area contributed by atoms with Crippen LogP contribution < -0.4 is 11.1 Å². The summed E-state index contributed by atoms with van der Waals surface area (Å²) in [7, 11) is 0. The van der Waals surface area contributed by atoms with Crippen LogP contribution in [0, 0.1) is 0 Å². The number of carbonyl (C=O) groups excluding carboxylic acids is 1. The number of aromatic nitrogens is 1. The van der Waals surface area contributed by atoms with E-state index in [0.29, 0.717) is 19.5 Å². The summed E-state index contributed by atoms with van der Waals surface area (Å²) in [5.41, 5.74) is 6.57. The third-order valence-corrected chi connectivity index (χ3v) is 3.29. The van der Waals surface area contributed by atoms with Crippen molar-refractivity contribution in [2.45, 2.75) is 31.1 Å². The highest BCUT2D eigenvalue weighted by atomic mass is 16.1. The molecule has 0 saturated heterocycles. The first-order valence-electron chi connectivity index (χ1n) is 6.15. The van der Waals surface area contributed by atoms with Crippen LogP contribution in [0.5, 0.6) is 0 Å². The minimum atomic E-state index is 0.0951. The average Bonchev–Trinajstić information content (AvgIpc) is 3.16. The summed E-state index contributed by atoms with van der Waals surface area (Å²) in [5.74, 6) is 0.0951. The lowest BCUT2D eigenvalue weighted by atomic mass is 10.0. The van der Waals surface area contributed by atoms with Gasteiger partial charge in [0.15, 0.2) is 0 Å². The largest absolute Gasteiger partial charge is 0.355 e. The summed E-state index contributed by atoms with van der Waals surface area (Å²) in [4.78, 5) is 15.9. The molecule has 2 rings (SSSR count). The summed E-state index contributed by atoms with van der Waals surface area (Å²) < 4.78 is 0. The maximum Gasteiger partial charge on any atom is 0.220 e. The van der Waals surface area contributed by atoms with Gasteiger partial charge in [-0.2, -0.15) is 0 Å². The van der Waals surface area contributed by atoms with Gasteiger partial charge < -0.3 is 11.1 Å². The molecule has 0 aliphatic heterocycles. The summed E-state index contributed by atoms with van der Waals surface area (Å²) in [6, 6.07) is 5.96. The quantitative estimate of drug-likeness (QED) is 0.769. The van der Waals surface area contributed by atoms with Gasteiger partial charge in [-0.05, 0) is 37.9 Å². The second kappa shape index (κ2) is 5.27. The van der Waals surface area contributed by atoms with Crippen molar-refractivity contribution in [2.24, 2.45) is 5.73 Å². The smallest absolute Gasteiger partial charge is 0.220 e. The third-order valence-electron chi connectivity index (χ3n) is 3.29. The lowest BCUT2D eigenvalue weighted by molar-refractivity contribution is -0.121. The Kier molecular flexibility index (Phi) is 3.74. The van der Waals surface area contributed by atoms with Gasteiger partial charge in [-0.1, -0.05) is 6.07 Å². The van der Waals surface area contributed by atoms with Gasteiger partial charge in [0.25, 0.3) is 0 Å². The molecule has 4 nitrogen and oxygen atoms in total. The molecule has 1 fully saturated rings. The highest BCUT2D eigenvalue weighted by Gasteiger charge is 2.45. The summed E-state index contributed by atoms with van der Waals surface area (Å²) >= 11 is 0. The van der Waals surface area contributed by atoms with E-state index in [1.54, 1.807) is 0 Å². The fourth-order valence-electron chi connectivity index (χ4n) is 1.97. The van der Waals surface area contributed by atoms with Crippen molar-refractivity contribution in [1.82, 2.24) is 10.3 Å². The van der Waals surface area contributed by atoms with Crippen molar-refractivity contribution in [1.29, 1.82) is 0 Å². The van der Waals surface area contributed by atoms with Crippen LogP contribution in [0.3, 0.4) is 0 Å². The van der Waals surface area contributed by atoms with Gasteiger partial charge in [-0.15, -0.1) is 0 Å². The highest BCUT2D eigenvalue weighted by molar-refractivity contribution is 5.76. The molecule has 0 spiro atoms. The Balaban J connectivity index is 1.85. The normalized spacial score (nSPS) is 16.5. The highest BCUT2D eigenvalue weighted by Crippen LogP contribution is 2.46. The van der Waals surface area contributed by atoms with Crippen molar-refractivity contribution in [3.05, 3.63) is 30.1 Å². The SMILES string of the molecule is NCCCC(=O)NCC1(c2ccccn2)CC1. The number of nitrogens with one attached hydrogen (secondary N) is 1. The van der Waals surface area contributed by atoms with Gasteiger partial charge >= 0.3 is 0 Å². The third kappa shape index (κ3) is 3.03. The number of nitrogens with two attached hydrogens (primary N) is 1. The maximum atomic E-state index is 11.5. The van der Waals surface area contributed by atoms with Crippen LogP contribution in [0.25, 0.3) is 0 Å². The Morgan fingerprint density at radius 2 is 2.29 bits per heavy atom. The molecule has 3 N–H and O–H groups in total. The molecule has 4 heteroatoms. The zero-order valence-corrected chi connectivity index (χ0v) is 9.98. The summed E-state index contributed by atoms with van der Waals surface area (Å²) in [6.45, 7) is 1.27. The number of carbonyl (C=O) groups is 1. The molecule has 0 radical (unpaired) electrons. The van der Waals surface area contributed by atoms with Crippen molar-refractivity contribution >= 4 is 5.91 Å². The van der Waals surface area contributed by atoms with Crippen LogP contribution in [-0.4, -0.2) is 24.0 Å². The molecule has 0 bridgehead atoms. The molecule has 1 aromatic heterocycles. The maximum absolute atomic E-state index is 11.5. The van der Waals surface area contributed by atoms with Gasteiger partial charge in [-0.3, -0.25) is 9.78 Å². The minimum Gasteiger partial charge on any atom is -0.355 e. The van der Waals surface area contributed by atoms with E-state index in [1.807, 2.05) is 24.4 Å². The number of rotatable bonds is 6. The van der Waals surface area contributed by atoms with E-state index in [2.05, 4.69) is 10.3 Å². The van der Waals surface area contributed by atoms with Gasteiger partial charge in [0.05, 0.1) is 0 Å². The van der Waals surface area contributed by atoms with Crippen molar-refractivity contribution in [3.8, 4) is 0 Å². The first-order valence-corrected chi connectivity index (χ1v) is 6.15. The predicted octanol–water partition coefficient (Wildman–Crippen LogP) is 0.968. The van der Waals surface area contributed by atoms with Crippen LogP contribution in [-0.2, 0) is 10.2 Å². The lowest BCUT2D eigenvalue weighted by Crippen LogP contribution is -2.32. The number of hydrogen-bond acceptors (Lipinski definition) is 3. The Morgan fingerprint density at radius 1 is 1.47 bits per heavy atom. The molecule has 1 aliphatic carbocycles. The van der Waals surface area contributed by atoms with E-state index in [-0.39, 0.29) is 11.3 Å². The van der Waals surface area contributed by atoms with Crippen molar-refractivity contribution < 1.29 is 4.79 Å². The first-order chi connectivity index (χ1) is 8.27. The molecule has 1 heterocycles. The molecule has 1 aromatic rings. The lowest BCUT2D eigenvalue weighted by Gasteiger charge is -2.15. The Hall–Kier alpha value is -1.42. The standard InChI is InChI=1S/C13H19N3O/c14-8-3-5-12(17)16-10-13(6-7-13)11-4-1-2-9-15-11/h1-2,4,9H,3,5-8,10,14H2,(H,16,17). The second-order valence-corrected chi connectivity index (χ2v) is 4.66. The Bertz CT molecular complexity index is 374. The minimum absolute atomic E-state index is 0.0951. The van der Waals surface area contributed by atoms with E-state index >= 15 is 0 Å². The number of amides is 1. The number of hydrogen-bond donors (Lipinski definition) is 2. The topological polar surface area (TPSA) is 68.0 Å². The van der Waals surface area contributed by atoms with Crippen LogP contribution in [0.15, 0.2) is 24.4 Å². The van der Waals surface area contributed by atoms with Crippen LogP contribution in [0.2, 0.25) is 0 Å². The Labute approximate surface area is 102 Å². The molecular formula is C13H19N3O. The van der Waals surface area contributed by atoms with Crippen molar-refractivity contribution in [2.75, 3.05) is 13.1 Å². The summed E-state index contributed by atoms with van der Waals surface area (Å²) in [6.07, 6.45) is 5.31. The predicted molar refractivity (Wildman–Crippen MR) is 66.4 cm³/mol. The molecule has 92 valence electrons. The Morgan fingerprint density at radius 3 is 2.88 bits per heavy atom. The molecule has 1 aliphatic rings. The number of nitrogens with zero attached hydrogens (tertiary/aromatic N) is 1. The van der Waals surface area contributed by atoms with Crippen LogP contribution >= 0.6 is 0 Å². The molecule has 0 aromatic carbocycles. The molecular weight excluding hydrogens is 214 g/mol. The van der Waals surface area contributed by atoms with E-state index in [4.69, 9.17) is 5.73 Å². The zero-order chi connectivity index (χ0) is 12.1. The number of pyridine rings is 1. The second-order valence-electron chi connectivity index (χ2n) is 4.66. The van der Waals surface area contributed by atoms with Gasteiger partial charge in [0.2, 0.25) is 5.91 Å². The van der Waals surface area contributed by atoms with E-state index in [0.717, 1.165) is 25.0 Å². The molecule has 17 heavy (non-hydrogen) atoms. The van der Waals surface area contributed by atoms with Gasteiger partial charge in [0.1, 0.15) is 0 Å².